The Hall–Kier alpha value is -2.18. The summed E-state index contributed by atoms with van der Waals surface area (Å²) in [6.45, 7) is 6.61. The lowest BCUT2D eigenvalue weighted by Crippen LogP contribution is -2.47. The average Bonchev–Trinajstić information content (AvgIpc) is 2.81. The first-order valence-electron chi connectivity index (χ1n) is 7.92. The standard InChI is InChI=1S/C17H18ClN5O/c1-11-5-12(2)23(20-11)15-9-21(10-15)8-14-6-17(24)22-7-13(18)3-4-16(22)19-14/h3-7,15H,8-10H2,1-2H3. The van der Waals surface area contributed by atoms with E-state index in [2.05, 4.69) is 32.7 Å². The van der Waals surface area contributed by atoms with E-state index < -0.39 is 0 Å². The molecule has 0 atom stereocenters. The van der Waals surface area contributed by atoms with Crippen molar-refractivity contribution < 1.29 is 0 Å². The summed E-state index contributed by atoms with van der Waals surface area (Å²) in [5.41, 5.74) is 3.55. The quantitative estimate of drug-likeness (QED) is 0.731. The van der Waals surface area contributed by atoms with Crippen molar-refractivity contribution in [3.8, 4) is 0 Å². The van der Waals surface area contributed by atoms with E-state index in [1.807, 2.05) is 6.92 Å². The predicted molar refractivity (Wildman–Crippen MR) is 92.5 cm³/mol. The van der Waals surface area contributed by atoms with Crippen LogP contribution in [0.1, 0.15) is 23.1 Å². The first-order chi connectivity index (χ1) is 11.5. The molecule has 0 N–H and O–H groups in total. The van der Waals surface area contributed by atoms with Gasteiger partial charge in [-0.3, -0.25) is 18.8 Å². The number of rotatable bonds is 3. The Kier molecular flexibility index (Phi) is 3.66. The van der Waals surface area contributed by atoms with Crippen LogP contribution in [0.2, 0.25) is 5.02 Å². The van der Waals surface area contributed by atoms with Crippen molar-refractivity contribution in [3.05, 3.63) is 62.9 Å². The maximum absolute atomic E-state index is 12.2. The SMILES string of the molecule is Cc1cc(C)n(C2CN(Cc3cc(=O)n4cc(Cl)ccc4n3)C2)n1. The molecule has 0 spiro atoms. The highest BCUT2D eigenvalue weighted by Crippen LogP contribution is 2.24. The van der Waals surface area contributed by atoms with E-state index in [1.165, 1.54) is 10.1 Å². The van der Waals surface area contributed by atoms with E-state index in [0.717, 1.165) is 24.5 Å². The topological polar surface area (TPSA) is 55.4 Å². The molecular weight excluding hydrogens is 326 g/mol. The lowest BCUT2D eigenvalue weighted by atomic mass is 10.1. The molecule has 124 valence electrons. The predicted octanol–water partition coefficient (Wildman–Crippen LogP) is 2.22. The summed E-state index contributed by atoms with van der Waals surface area (Å²) in [4.78, 5) is 19.0. The fraction of sp³-hybridized carbons (Fsp3) is 0.353. The molecule has 6 nitrogen and oxygen atoms in total. The monoisotopic (exact) mass is 343 g/mol. The zero-order valence-corrected chi connectivity index (χ0v) is 14.4. The molecule has 0 bridgehead atoms. The van der Waals surface area contributed by atoms with Gasteiger partial charge in [-0.2, -0.15) is 5.10 Å². The highest BCUT2D eigenvalue weighted by atomic mass is 35.5. The molecule has 1 saturated heterocycles. The number of hydrogen-bond donors (Lipinski definition) is 0. The lowest BCUT2D eigenvalue weighted by molar-refractivity contribution is 0.0880. The summed E-state index contributed by atoms with van der Waals surface area (Å²) < 4.78 is 3.57. The molecular formula is C17H18ClN5O. The van der Waals surface area contributed by atoms with Crippen molar-refractivity contribution in [2.75, 3.05) is 13.1 Å². The third-order valence-corrected chi connectivity index (χ3v) is 4.61. The van der Waals surface area contributed by atoms with Gasteiger partial charge in [0.25, 0.3) is 5.56 Å². The van der Waals surface area contributed by atoms with Crippen LogP contribution in [0.3, 0.4) is 0 Å². The Morgan fingerprint density at radius 3 is 2.75 bits per heavy atom. The molecule has 0 radical (unpaired) electrons. The second-order valence-corrected chi connectivity index (χ2v) is 6.82. The van der Waals surface area contributed by atoms with Gasteiger partial charge in [-0.15, -0.1) is 0 Å². The summed E-state index contributed by atoms with van der Waals surface area (Å²) >= 11 is 5.93. The summed E-state index contributed by atoms with van der Waals surface area (Å²) in [7, 11) is 0. The van der Waals surface area contributed by atoms with Crippen molar-refractivity contribution in [2.24, 2.45) is 0 Å². The first-order valence-corrected chi connectivity index (χ1v) is 8.30. The van der Waals surface area contributed by atoms with Gasteiger partial charge in [0.15, 0.2) is 0 Å². The van der Waals surface area contributed by atoms with Crippen LogP contribution in [0.15, 0.2) is 35.3 Å². The van der Waals surface area contributed by atoms with Crippen LogP contribution in [0.25, 0.3) is 5.65 Å². The molecule has 4 heterocycles. The van der Waals surface area contributed by atoms with Gasteiger partial charge in [-0.25, -0.2) is 4.98 Å². The van der Waals surface area contributed by atoms with E-state index in [-0.39, 0.29) is 5.56 Å². The highest BCUT2D eigenvalue weighted by molar-refractivity contribution is 6.30. The van der Waals surface area contributed by atoms with Crippen molar-refractivity contribution in [3.63, 3.8) is 0 Å². The Morgan fingerprint density at radius 1 is 1.25 bits per heavy atom. The van der Waals surface area contributed by atoms with Gasteiger partial charge in [-0.1, -0.05) is 11.6 Å². The third-order valence-electron chi connectivity index (χ3n) is 4.39. The minimum absolute atomic E-state index is 0.104. The van der Waals surface area contributed by atoms with E-state index >= 15 is 0 Å². The molecule has 0 aromatic carbocycles. The van der Waals surface area contributed by atoms with E-state index in [4.69, 9.17) is 11.6 Å². The van der Waals surface area contributed by atoms with Crippen LogP contribution in [-0.2, 0) is 6.54 Å². The van der Waals surface area contributed by atoms with Crippen molar-refractivity contribution >= 4 is 17.2 Å². The molecule has 3 aromatic rings. The number of hydrogen-bond acceptors (Lipinski definition) is 4. The van der Waals surface area contributed by atoms with Crippen molar-refractivity contribution in [1.29, 1.82) is 0 Å². The minimum atomic E-state index is -0.104. The van der Waals surface area contributed by atoms with Gasteiger partial charge in [0.2, 0.25) is 0 Å². The molecule has 0 amide bonds. The molecule has 1 aliphatic rings. The number of halogens is 1. The fourth-order valence-corrected chi connectivity index (χ4v) is 3.44. The molecule has 7 heteroatoms. The van der Waals surface area contributed by atoms with Gasteiger partial charge >= 0.3 is 0 Å². The molecule has 3 aromatic heterocycles. The molecule has 0 saturated carbocycles. The first kappa shape index (κ1) is 15.4. The van der Waals surface area contributed by atoms with Gasteiger partial charge in [0.1, 0.15) is 5.65 Å². The highest BCUT2D eigenvalue weighted by Gasteiger charge is 2.30. The number of aryl methyl sites for hydroxylation is 2. The smallest absolute Gasteiger partial charge is 0.258 e. The van der Waals surface area contributed by atoms with E-state index in [0.29, 0.717) is 23.3 Å². The summed E-state index contributed by atoms with van der Waals surface area (Å²) in [6, 6.07) is 7.59. The molecule has 24 heavy (non-hydrogen) atoms. The summed E-state index contributed by atoms with van der Waals surface area (Å²) in [6.07, 6.45) is 1.60. The maximum Gasteiger partial charge on any atom is 0.258 e. The normalized spacial score (nSPS) is 15.8. The summed E-state index contributed by atoms with van der Waals surface area (Å²) in [5, 5.41) is 5.07. The Labute approximate surface area is 144 Å². The van der Waals surface area contributed by atoms with Gasteiger partial charge in [-0.05, 0) is 32.0 Å². The molecule has 1 fully saturated rings. The van der Waals surface area contributed by atoms with Crippen molar-refractivity contribution in [1.82, 2.24) is 24.1 Å². The Balaban J connectivity index is 1.49. The molecule has 1 aliphatic heterocycles. The average molecular weight is 344 g/mol. The number of pyridine rings is 1. The van der Waals surface area contributed by atoms with Gasteiger partial charge in [0, 0.05) is 37.6 Å². The maximum atomic E-state index is 12.2. The molecule has 4 rings (SSSR count). The molecule has 0 aliphatic carbocycles. The second kappa shape index (κ2) is 5.72. The van der Waals surface area contributed by atoms with Crippen LogP contribution in [0.4, 0.5) is 0 Å². The number of fused-ring (bicyclic) bond motifs is 1. The number of likely N-dealkylation sites (tertiary alicyclic amines) is 1. The Morgan fingerprint density at radius 2 is 2.04 bits per heavy atom. The number of aromatic nitrogens is 4. The number of nitrogens with zero attached hydrogens (tertiary/aromatic N) is 5. The van der Waals surface area contributed by atoms with Crippen LogP contribution < -0.4 is 5.56 Å². The van der Waals surface area contributed by atoms with Gasteiger partial charge < -0.3 is 0 Å². The van der Waals surface area contributed by atoms with E-state index in [1.54, 1.807) is 24.4 Å². The van der Waals surface area contributed by atoms with Crippen LogP contribution in [0.5, 0.6) is 0 Å². The van der Waals surface area contributed by atoms with E-state index in [9.17, 15) is 4.79 Å². The fourth-order valence-electron chi connectivity index (χ4n) is 3.28. The Bertz CT molecular complexity index is 971. The van der Waals surface area contributed by atoms with Gasteiger partial charge in [0.05, 0.1) is 22.5 Å². The minimum Gasteiger partial charge on any atom is -0.293 e. The zero-order valence-electron chi connectivity index (χ0n) is 13.6. The van der Waals surface area contributed by atoms with Crippen LogP contribution in [-0.4, -0.2) is 37.2 Å². The summed E-state index contributed by atoms with van der Waals surface area (Å²) in [5.74, 6) is 0. The third kappa shape index (κ3) is 2.72. The zero-order chi connectivity index (χ0) is 16.8. The van der Waals surface area contributed by atoms with Crippen molar-refractivity contribution in [2.45, 2.75) is 26.4 Å². The second-order valence-electron chi connectivity index (χ2n) is 6.38. The molecule has 0 unspecified atom stereocenters. The van der Waals surface area contributed by atoms with Crippen LogP contribution >= 0.6 is 11.6 Å². The van der Waals surface area contributed by atoms with Crippen LogP contribution in [0, 0.1) is 13.8 Å². The largest absolute Gasteiger partial charge is 0.293 e. The lowest BCUT2D eigenvalue weighted by Gasteiger charge is -2.39.